The normalized spacial score (nSPS) is 21.1. The number of carbonyl (C=O) groups is 1. The first-order chi connectivity index (χ1) is 11.3. The summed E-state index contributed by atoms with van der Waals surface area (Å²) in [6.07, 6.45) is 3.80. The van der Waals surface area contributed by atoms with Gasteiger partial charge in [-0.3, -0.25) is 10.1 Å². The molecule has 2 atom stereocenters. The van der Waals surface area contributed by atoms with Gasteiger partial charge < -0.3 is 10.1 Å². The molecule has 0 spiro atoms. The van der Waals surface area contributed by atoms with Gasteiger partial charge in [-0.05, 0) is 37.1 Å². The van der Waals surface area contributed by atoms with Crippen LogP contribution in [-0.2, 0) is 4.74 Å². The van der Waals surface area contributed by atoms with E-state index in [0.717, 1.165) is 31.6 Å². The van der Waals surface area contributed by atoms with Crippen LogP contribution < -0.4 is 10.6 Å². The maximum Gasteiger partial charge on any atom is 0.257 e. The van der Waals surface area contributed by atoms with Crippen LogP contribution in [0.3, 0.4) is 0 Å². The van der Waals surface area contributed by atoms with Crippen LogP contribution >= 0.6 is 11.3 Å². The first-order valence-corrected chi connectivity index (χ1v) is 8.80. The summed E-state index contributed by atoms with van der Waals surface area (Å²) in [6, 6.07) is 8.16. The third kappa shape index (κ3) is 4.16. The molecule has 6 heteroatoms. The third-order valence-corrected chi connectivity index (χ3v) is 4.66. The molecule has 23 heavy (non-hydrogen) atoms. The van der Waals surface area contributed by atoms with Crippen LogP contribution in [0.25, 0.3) is 0 Å². The summed E-state index contributed by atoms with van der Waals surface area (Å²) >= 11 is 1.41. The minimum atomic E-state index is -0.137. The average Bonchev–Trinajstić information content (AvgIpc) is 3.08. The number of nitrogens with zero attached hydrogens (tertiary/aromatic N) is 1. The number of hydrogen-bond acceptors (Lipinski definition) is 5. The predicted molar refractivity (Wildman–Crippen MR) is 91.9 cm³/mol. The summed E-state index contributed by atoms with van der Waals surface area (Å²) < 4.78 is 5.88. The van der Waals surface area contributed by atoms with Crippen molar-refractivity contribution >= 4 is 22.4 Å². The van der Waals surface area contributed by atoms with Crippen molar-refractivity contribution < 1.29 is 9.53 Å². The molecule has 5 nitrogen and oxygen atoms in total. The molecule has 0 radical (unpaired) electrons. The van der Waals surface area contributed by atoms with E-state index < -0.39 is 0 Å². The number of ether oxygens (including phenoxy) is 1. The van der Waals surface area contributed by atoms with E-state index in [0.29, 0.717) is 16.7 Å². The van der Waals surface area contributed by atoms with E-state index in [-0.39, 0.29) is 12.0 Å². The van der Waals surface area contributed by atoms with Gasteiger partial charge >= 0.3 is 0 Å². The first kappa shape index (κ1) is 16.1. The zero-order valence-corrected chi connectivity index (χ0v) is 13.9. The maximum absolute atomic E-state index is 12.2. The number of thiazole rings is 1. The van der Waals surface area contributed by atoms with Crippen molar-refractivity contribution in [2.24, 2.45) is 0 Å². The van der Waals surface area contributed by atoms with Gasteiger partial charge in [0.2, 0.25) is 0 Å². The van der Waals surface area contributed by atoms with Crippen molar-refractivity contribution in [2.45, 2.75) is 31.9 Å². The van der Waals surface area contributed by atoms with Gasteiger partial charge in [0.15, 0.2) is 5.13 Å². The number of amides is 1. The zero-order chi connectivity index (χ0) is 16.1. The lowest BCUT2D eigenvalue weighted by molar-refractivity contribution is 0.000584. The predicted octanol–water partition coefficient (Wildman–Crippen LogP) is 3.23. The minimum Gasteiger partial charge on any atom is -0.373 e. The Morgan fingerprint density at radius 1 is 1.39 bits per heavy atom. The van der Waals surface area contributed by atoms with E-state index in [2.05, 4.69) is 22.5 Å². The van der Waals surface area contributed by atoms with Gasteiger partial charge in [-0.2, -0.15) is 0 Å². The van der Waals surface area contributed by atoms with Gasteiger partial charge in [0.1, 0.15) is 0 Å². The number of carbonyl (C=O) groups excluding carboxylic acids is 1. The number of hydrogen-bond donors (Lipinski definition) is 2. The Morgan fingerprint density at radius 2 is 2.22 bits per heavy atom. The van der Waals surface area contributed by atoms with Crippen molar-refractivity contribution in [3.05, 3.63) is 47.0 Å². The molecule has 1 aromatic heterocycles. The van der Waals surface area contributed by atoms with E-state index in [4.69, 9.17) is 4.74 Å². The molecule has 2 N–H and O–H groups in total. The van der Waals surface area contributed by atoms with Crippen LogP contribution in [-0.4, -0.2) is 30.1 Å². The molecule has 1 aromatic carbocycles. The van der Waals surface area contributed by atoms with Crippen molar-refractivity contribution in [3.8, 4) is 0 Å². The summed E-state index contributed by atoms with van der Waals surface area (Å²) in [5.74, 6) is -0.137. The molecule has 1 aliphatic heterocycles. The molecule has 1 amide bonds. The number of anilines is 1. The van der Waals surface area contributed by atoms with E-state index in [9.17, 15) is 4.79 Å². The Morgan fingerprint density at radius 3 is 2.91 bits per heavy atom. The zero-order valence-electron chi connectivity index (χ0n) is 13.1. The average molecular weight is 331 g/mol. The molecule has 122 valence electrons. The highest BCUT2D eigenvalue weighted by Crippen LogP contribution is 2.28. The fraction of sp³-hybridized carbons (Fsp3) is 0.412. The summed E-state index contributed by atoms with van der Waals surface area (Å²) in [5.41, 5.74) is 1.75. The number of nitrogens with one attached hydrogen (secondary N) is 2. The highest BCUT2D eigenvalue weighted by molar-refractivity contribution is 7.13. The maximum atomic E-state index is 12.2. The molecular weight excluding hydrogens is 310 g/mol. The van der Waals surface area contributed by atoms with Gasteiger partial charge in [-0.1, -0.05) is 19.1 Å². The number of rotatable bonds is 5. The Labute approximate surface area is 140 Å². The van der Waals surface area contributed by atoms with Crippen molar-refractivity contribution in [1.29, 1.82) is 0 Å². The molecule has 2 aromatic rings. The SMILES string of the molecule is CCNC1CCOC(c2ccc(C(=O)Nc3nccs3)cc2)C1. The lowest BCUT2D eigenvalue weighted by Crippen LogP contribution is -2.35. The Kier molecular flexibility index (Phi) is 5.38. The molecule has 2 heterocycles. The van der Waals surface area contributed by atoms with Crippen molar-refractivity contribution in [3.63, 3.8) is 0 Å². The molecule has 0 bridgehead atoms. The summed E-state index contributed by atoms with van der Waals surface area (Å²) in [6.45, 7) is 3.88. The van der Waals surface area contributed by atoms with E-state index >= 15 is 0 Å². The van der Waals surface area contributed by atoms with Crippen LogP contribution in [0.2, 0.25) is 0 Å². The fourth-order valence-corrected chi connectivity index (χ4v) is 3.33. The van der Waals surface area contributed by atoms with Gasteiger partial charge in [-0.25, -0.2) is 4.98 Å². The van der Waals surface area contributed by atoms with Crippen LogP contribution in [0.15, 0.2) is 35.8 Å². The number of benzene rings is 1. The van der Waals surface area contributed by atoms with Crippen LogP contribution in [0.5, 0.6) is 0 Å². The molecule has 1 aliphatic rings. The Bertz CT molecular complexity index is 626. The highest BCUT2D eigenvalue weighted by Gasteiger charge is 2.23. The topological polar surface area (TPSA) is 63.2 Å². The highest BCUT2D eigenvalue weighted by atomic mass is 32.1. The molecule has 1 saturated heterocycles. The second-order valence-corrected chi connectivity index (χ2v) is 6.45. The molecule has 3 rings (SSSR count). The van der Waals surface area contributed by atoms with E-state index in [1.807, 2.05) is 29.6 Å². The number of aromatic nitrogens is 1. The van der Waals surface area contributed by atoms with Gasteiger partial charge in [0.05, 0.1) is 6.10 Å². The molecule has 0 aliphatic carbocycles. The summed E-state index contributed by atoms with van der Waals surface area (Å²) in [4.78, 5) is 16.2. The van der Waals surface area contributed by atoms with Crippen LogP contribution in [0.4, 0.5) is 5.13 Å². The van der Waals surface area contributed by atoms with E-state index in [1.54, 1.807) is 6.20 Å². The molecule has 1 fully saturated rings. The van der Waals surface area contributed by atoms with Gasteiger partial charge in [-0.15, -0.1) is 11.3 Å². The molecule has 2 unspecified atom stereocenters. The van der Waals surface area contributed by atoms with Crippen LogP contribution in [0.1, 0.15) is 41.8 Å². The second-order valence-electron chi connectivity index (χ2n) is 5.55. The molecular formula is C17H21N3O2S. The fourth-order valence-electron chi connectivity index (χ4n) is 2.81. The Balaban J connectivity index is 1.63. The van der Waals surface area contributed by atoms with Crippen molar-refractivity contribution in [1.82, 2.24) is 10.3 Å². The smallest absolute Gasteiger partial charge is 0.257 e. The first-order valence-electron chi connectivity index (χ1n) is 7.92. The Hall–Kier alpha value is -1.76. The van der Waals surface area contributed by atoms with Crippen molar-refractivity contribution in [2.75, 3.05) is 18.5 Å². The monoisotopic (exact) mass is 331 g/mol. The summed E-state index contributed by atoms with van der Waals surface area (Å²) in [7, 11) is 0. The quantitative estimate of drug-likeness (QED) is 0.883. The van der Waals surface area contributed by atoms with Crippen LogP contribution in [0, 0.1) is 0 Å². The van der Waals surface area contributed by atoms with Gasteiger partial charge in [0.25, 0.3) is 5.91 Å². The standard InChI is InChI=1S/C17H21N3O2S/c1-2-18-14-7-9-22-15(11-14)12-3-5-13(6-4-12)16(21)20-17-19-8-10-23-17/h3-6,8,10,14-15,18H,2,7,9,11H2,1H3,(H,19,20,21). The summed E-state index contributed by atoms with van der Waals surface area (Å²) in [5, 5.41) is 8.72. The van der Waals surface area contributed by atoms with Gasteiger partial charge in [0, 0.05) is 29.8 Å². The second kappa shape index (κ2) is 7.68. The largest absolute Gasteiger partial charge is 0.373 e. The lowest BCUT2D eigenvalue weighted by Gasteiger charge is -2.30. The minimum absolute atomic E-state index is 0.101. The third-order valence-electron chi connectivity index (χ3n) is 3.97. The molecule has 0 saturated carbocycles. The van der Waals surface area contributed by atoms with E-state index in [1.165, 1.54) is 11.3 Å². The lowest BCUT2D eigenvalue weighted by atomic mass is 9.96.